The van der Waals surface area contributed by atoms with Gasteiger partial charge in [-0.1, -0.05) is 0 Å². The van der Waals surface area contributed by atoms with Gasteiger partial charge in [0, 0.05) is 17.1 Å². The van der Waals surface area contributed by atoms with Crippen LogP contribution in [0, 0.1) is 0 Å². The summed E-state index contributed by atoms with van der Waals surface area (Å²) >= 11 is 0. The van der Waals surface area contributed by atoms with Crippen molar-refractivity contribution in [3.05, 3.63) is 0 Å². The highest BCUT2D eigenvalue weighted by Crippen LogP contribution is 2.36. The van der Waals surface area contributed by atoms with Gasteiger partial charge in [-0.05, 0) is 47.6 Å². The third-order valence-corrected chi connectivity index (χ3v) is 3.29. The maximum absolute atomic E-state index is 9.67. The van der Waals surface area contributed by atoms with E-state index in [9.17, 15) is 5.73 Å². The average Bonchev–Trinajstić information content (AvgIpc) is 1.80. The van der Waals surface area contributed by atoms with Crippen molar-refractivity contribution < 1.29 is 0 Å². The van der Waals surface area contributed by atoms with Gasteiger partial charge in [-0.2, -0.15) is 0 Å². The summed E-state index contributed by atoms with van der Waals surface area (Å²) in [4.78, 5) is 2.37. The number of rotatable bonds is 0. The number of likely N-dealkylation sites (tertiary alicyclic amines) is 1. The Hall–Kier alpha value is -0.0800. The molecule has 70 valence electrons. The van der Waals surface area contributed by atoms with Crippen molar-refractivity contribution in [1.82, 2.24) is 10.6 Å². The fourth-order valence-corrected chi connectivity index (χ4v) is 2.32. The van der Waals surface area contributed by atoms with Gasteiger partial charge < -0.3 is 0 Å². The second-order valence-electron chi connectivity index (χ2n) is 5.25. The van der Waals surface area contributed by atoms with Gasteiger partial charge in [0.2, 0.25) is 0 Å². The molecule has 1 heterocycles. The van der Waals surface area contributed by atoms with E-state index in [2.05, 4.69) is 39.6 Å². The van der Waals surface area contributed by atoms with Crippen LogP contribution in [0.2, 0.25) is 0 Å². The zero-order chi connectivity index (χ0) is 9.57. The Morgan fingerprint density at radius 3 is 1.75 bits per heavy atom. The largest absolute Gasteiger partial charge is 0.296 e. The molecule has 12 heavy (non-hydrogen) atoms. The summed E-state index contributed by atoms with van der Waals surface area (Å²) in [6.45, 7) is 8.77. The van der Waals surface area contributed by atoms with Gasteiger partial charge in [0.05, 0.1) is 0 Å². The molecule has 0 atom stereocenters. The maximum atomic E-state index is 9.67. The van der Waals surface area contributed by atoms with E-state index >= 15 is 0 Å². The van der Waals surface area contributed by atoms with Crippen LogP contribution in [0.3, 0.4) is 0 Å². The molecule has 1 aliphatic rings. The Labute approximate surface area is 76.1 Å². The summed E-state index contributed by atoms with van der Waals surface area (Å²) in [6.07, 6.45) is 1.76. The van der Waals surface area contributed by atoms with Crippen molar-refractivity contribution in [1.29, 1.82) is 0 Å². The summed E-state index contributed by atoms with van der Waals surface area (Å²) < 4.78 is 0. The fourth-order valence-electron chi connectivity index (χ4n) is 2.32. The lowest BCUT2D eigenvalue weighted by Gasteiger charge is -2.52. The number of piperidine rings is 1. The molecule has 0 amide bonds. The normalized spacial score (nSPS) is 30.5. The molecule has 0 spiro atoms. The lowest BCUT2D eigenvalue weighted by molar-refractivity contribution is -0.0124. The van der Waals surface area contributed by atoms with Gasteiger partial charge in [-0.3, -0.25) is 4.90 Å². The molecular weight excluding hydrogens is 148 g/mol. The van der Waals surface area contributed by atoms with Gasteiger partial charge in [0.1, 0.15) is 0 Å². The Morgan fingerprint density at radius 2 is 1.42 bits per heavy atom. The van der Waals surface area contributed by atoms with Crippen LogP contribution in [0.5, 0.6) is 0 Å². The van der Waals surface area contributed by atoms with Gasteiger partial charge in [-0.15, -0.1) is 5.73 Å². The van der Waals surface area contributed by atoms with E-state index in [1.165, 1.54) is 0 Å². The van der Waals surface area contributed by atoms with Crippen molar-refractivity contribution in [3.8, 4) is 0 Å². The molecule has 2 heteroatoms. The Morgan fingerprint density at radius 1 is 1.08 bits per heavy atom. The minimum absolute atomic E-state index is 0.126. The molecule has 0 unspecified atom stereocenters. The van der Waals surface area contributed by atoms with Crippen molar-refractivity contribution in [2.75, 3.05) is 7.05 Å². The van der Waals surface area contributed by atoms with Gasteiger partial charge >= 0.3 is 0 Å². The van der Waals surface area contributed by atoms with Crippen LogP contribution >= 0.6 is 0 Å². The van der Waals surface area contributed by atoms with Crippen LogP contribution in [-0.4, -0.2) is 29.1 Å². The molecule has 1 saturated heterocycles. The zero-order valence-corrected chi connectivity index (χ0v) is 8.89. The minimum Gasteiger partial charge on any atom is -0.296 e. The lowest BCUT2D eigenvalue weighted by Crippen LogP contribution is -2.60. The second-order valence-corrected chi connectivity index (χ2v) is 5.25. The molecule has 2 nitrogen and oxygen atoms in total. The predicted octanol–water partition coefficient (Wildman–Crippen LogP) is 1.71. The van der Waals surface area contributed by atoms with Crippen LogP contribution < -0.4 is 5.73 Å². The molecule has 0 aromatic rings. The summed E-state index contributed by atoms with van der Waals surface area (Å²) in [5.74, 6) is 0. The first-order valence-corrected chi connectivity index (χ1v) is 4.68. The molecule has 0 N–H and O–H groups in total. The first-order valence-electron chi connectivity index (χ1n) is 4.68. The third-order valence-electron chi connectivity index (χ3n) is 3.29. The molecule has 1 rings (SSSR count). The van der Waals surface area contributed by atoms with E-state index in [1.807, 2.05) is 0 Å². The fraction of sp³-hybridized carbons (Fsp3) is 1.00. The molecule has 0 aliphatic carbocycles. The highest BCUT2D eigenvalue weighted by Gasteiger charge is 2.42. The highest BCUT2D eigenvalue weighted by molar-refractivity contribution is 4.99. The van der Waals surface area contributed by atoms with Crippen LogP contribution in [0.1, 0.15) is 40.5 Å². The number of nitrogens with zero attached hydrogens (tertiary/aromatic N) is 2. The smallest absolute Gasteiger partial charge is 0.0468 e. The standard InChI is InChI=1S/C10H20N2/c1-9(2)6-8(11)7-10(3,4)12(9)5/h8H,6-7H2,1-5H3. The van der Waals surface area contributed by atoms with Crippen LogP contribution in [0.25, 0.3) is 0 Å². The SMILES string of the molecule is CN1C(C)(C)CC([N])CC1(C)C. The predicted molar refractivity (Wildman–Crippen MR) is 51.1 cm³/mol. The summed E-state index contributed by atoms with van der Waals surface area (Å²) in [5, 5.41) is 0. The molecule has 1 aliphatic heterocycles. The van der Waals surface area contributed by atoms with Crippen LogP contribution in [0.4, 0.5) is 0 Å². The van der Waals surface area contributed by atoms with E-state index in [1.54, 1.807) is 0 Å². The lowest BCUT2D eigenvalue weighted by atomic mass is 9.78. The Kier molecular flexibility index (Phi) is 2.26. The monoisotopic (exact) mass is 168 g/mol. The zero-order valence-electron chi connectivity index (χ0n) is 8.89. The van der Waals surface area contributed by atoms with Crippen LogP contribution in [-0.2, 0) is 0 Å². The van der Waals surface area contributed by atoms with E-state index in [4.69, 9.17) is 0 Å². The van der Waals surface area contributed by atoms with Gasteiger partial charge in [0.25, 0.3) is 0 Å². The number of hydrogen-bond donors (Lipinski definition) is 0. The number of hydrogen-bond acceptors (Lipinski definition) is 1. The molecule has 0 aromatic heterocycles. The summed E-state index contributed by atoms with van der Waals surface area (Å²) in [7, 11) is 2.14. The first kappa shape index (κ1) is 10.0. The topological polar surface area (TPSA) is 25.5 Å². The molecule has 1 fully saturated rings. The minimum atomic E-state index is -0.133. The van der Waals surface area contributed by atoms with E-state index in [0.29, 0.717) is 0 Å². The summed E-state index contributed by atoms with van der Waals surface area (Å²) in [5.41, 5.74) is 9.92. The molecule has 0 bridgehead atoms. The summed E-state index contributed by atoms with van der Waals surface area (Å²) in [6, 6.07) is -0.133. The van der Waals surface area contributed by atoms with Gasteiger partial charge in [0.15, 0.2) is 0 Å². The van der Waals surface area contributed by atoms with E-state index in [0.717, 1.165) is 12.8 Å². The average molecular weight is 168 g/mol. The second kappa shape index (κ2) is 2.71. The van der Waals surface area contributed by atoms with E-state index < -0.39 is 0 Å². The van der Waals surface area contributed by atoms with Crippen molar-refractivity contribution in [2.45, 2.75) is 57.7 Å². The molecule has 0 aromatic carbocycles. The maximum Gasteiger partial charge on any atom is 0.0468 e. The van der Waals surface area contributed by atoms with Crippen LogP contribution in [0.15, 0.2) is 0 Å². The Balaban J connectivity index is 2.84. The first-order chi connectivity index (χ1) is 5.26. The quantitative estimate of drug-likeness (QED) is 0.540. The van der Waals surface area contributed by atoms with Crippen molar-refractivity contribution in [3.63, 3.8) is 0 Å². The van der Waals surface area contributed by atoms with E-state index in [-0.39, 0.29) is 17.1 Å². The van der Waals surface area contributed by atoms with Gasteiger partial charge in [-0.25, -0.2) is 0 Å². The molecular formula is C10H20N2. The van der Waals surface area contributed by atoms with Crippen molar-refractivity contribution >= 4 is 0 Å². The highest BCUT2D eigenvalue weighted by atomic mass is 15.2. The Bertz CT molecular complexity index is 155. The van der Waals surface area contributed by atoms with Crippen molar-refractivity contribution in [2.24, 2.45) is 0 Å². The molecule has 2 radical (unpaired) electrons. The third kappa shape index (κ3) is 1.64. The molecule has 0 saturated carbocycles.